The van der Waals surface area contributed by atoms with Gasteiger partial charge in [0.25, 0.3) is 0 Å². The molecule has 0 radical (unpaired) electrons. The van der Waals surface area contributed by atoms with E-state index < -0.39 is 0 Å². The van der Waals surface area contributed by atoms with E-state index in [0.717, 1.165) is 22.4 Å². The number of aromatic nitrogens is 1. The number of oxime groups is 1. The maximum atomic E-state index is 11.0. The summed E-state index contributed by atoms with van der Waals surface area (Å²) < 4.78 is 2.02. The summed E-state index contributed by atoms with van der Waals surface area (Å²) in [5.74, 6) is -0.0866. The Kier molecular flexibility index (Phi) is 5.15. The number of hydrogen-bond donors (Lipinski definition) is 1. The molecular formula is C18H20N4O3. The Hall–Kier alpha value is -3.06. The fourth-order valence-electron chi connectivity index (χ4n) is 2.45. The number of nitrogens with zero attached hydrogens (tertiary/aromatic N) is 3. The van der Waals surface area contributed by atoms with E-state index in [0.29, 0.717) is 13.3 Å². The minimum Gasteiger partial charge on any atom is -0.399 e. The van der Waals surface area contributed by atoms with E-state index in [1.54, 1.807) is 11.3 Å². The highest BCUT2D eigenvalue weighted by Gasteiger charge is 2.15. The molecule has 2 aromatic rings. The van der Waals surface area contributed by atoms with Crippen LogP contribution in [0.5, 0.6) is 0 Å². The highest BCUT2D eigenvalue weighted by atomic mass is 16.7. The van der Waals surface area contributed by atoms with Crippen molar-refractivity contribution in [1.82, 2.24) is 14.9 Å². The van der Waals surface area contributed by atoms with Crippen molar-refractivity contribution in [3.8, 4) is 5.69 Å². The molecule has 25 heavy (non-hydrogen) atoms. The molecule has 3 rings (SSSR count). The van der Waals surface area contributed by atoms with Gasteiger partial charge in [0.05, 0.1) is 6.21 Å². The Labute approximate surface area is 146 Å². The van der Waals surface area contributed by atoms with Crippen molar-refractivity contribution < 1.29 is 14.5 Å². The third kappa shape index (κ3) is 4.27. The van der Waals surface area contributed by atoms with Gasteiger partial charge < -0.3 is 14.7 Å². The van der Waals surface area contributed by atoms with Crippen molar-refractivity contribution >= 4 is 17.7 Å². The zero-order chi connectivity index (χ0) is 17.6. The molecule has 0 atom stereocenters. The van der Waals surface area contributed by atoms with Crippen LogP contribution >= 0.6 is 0 Å². The number of hydrogen-bond acceptors (Lipinski definition) is 5. The number of hydroxylamine groups is 2. The molecule has 0 fully saturated rings. The first-order chi connectivity index (χ1) is 12.2. The van der Waals surface area contributed by atoms with Crippen LogP contribution in [0.15, 0.2) is 54.1 Å². The lowest BCUT2D eigenvalue weighted by molar-refractivity contribution is -0.126. The Morgan fingerprint density at radius 3 is 2.88 bits per heavy atom. The summed E-state index contributed by atoms with van der Waals surface area (Å²) in [5.41, 5.74) is 4.17. The predicted molar refractivity (Wildman–Crippen MR) is 94.8 cm³/mol. The van der Waals surface area contributed by atoms with Gasteiger partial charge in [0.2, 0.25) is 5.91 Å². The average Bonchev–Trinajstić information content (AvgIpc) is 3.28. The number of carbonyl (C=O) groups is 1. The van der Waals surface area contributed by atoms with Crippen molar-refractivity contribution in [1.29, 1.82) is 0 Å². The highest BCUT2D eigenvalue weighted by molar-refractivity contribution is 5.79. The monoisotopic (exact) mass is 340 g/mol. The lowest BCUT2D eigenvalue weighted by Crippen LogP contribution is -2.31. The van der Waals surface area contributed by atoms with Gasteiger partial charge in [-0.05, 0) is 23.8 Å². The van der Waals surface area contributed by atoms with Gasteiger partial charge in [0.15, 0.2) is 0 Å². The molecule has 7 nitrogen and oxygen atoms in total. The normalized spacial score (nSPS) is 14.0. The first kappa shape index (κ1) is 16.8. The molecule has 1 N–H and O–H groups in total. The summed E-state index contributed by atoms with van der Waals surface area (Å²) in [5, 5.41) is 8.08. The third-order valence-electron chi connectivity index (χ3n) is 3.73. The SMILES string of the molecule is CO/N=C/c1ccn(-c2ccc(C3=CN(CNC(C)=O)OC3)cc2)c1. The van der Waals surface area contributed by atoms with E-state index >= 15 is 0 Å². The number of amides is 1. The Morgan fingerprint density at radius 2 is 2.16 bits per heavy atom. The molecule has 1 aromatic carbocycles. The van der Waals surface area contributed by atoms with Crippen molar-refractivity contribution in [2.24, 2.45) is 5.16 Å². The van der Waals surface area contributed by atoms with Gasteiger partial charge in [0.1, 0.15) is 20.4 Å². The number of benzene rings is 1. The van der Waals surface area contributed by atoms with Crippen LogP contribution in [-0.2, 0) is 14.5 Å². The molecule has 0 unspecified atom stereocenters. The molecule has 1 aromatic heterocycles. The van der Waals surface area contributed by atoms with Crippen molar-refractivity contribution in [3.63, 3.8) is 0 Å². The molecule has 130 valence electrons. The molecule has 7 heteroatoms. The molecule has 0 saturated heterocycles. The van der Waals surface area contributed by atoms with E-state index in [2.05, 4.69) is 27.4 Å². The van der Waals surface area contributed by atoms with Crippen LogP contribution in [0.25, 0.3) is 11.3 Å². The lowest BCUT2D eigenvalue weighted by atomic mass is 10.1. The summed E-state index contributed by atoms with van der Waals surface area (Å²) >= 11 is 0. The second kappa shape index (κ2) is 7.67. The summed E-state index contributed by atoms with van der Waals surface area (Å²) in [6, 6.07) is 10.2. The smallest absolute Gasteiger partial charge is 0.218 e. The molecular weight excluding hydrogens is 320 g/mol. The summed E-state index contributed by atoms with van der Waals surface area (Å²) in [6.07, 6.45) is 7.51. The van der Waals surface area contributed by atoms with Crippen LogP contribution in [0, 0.1) is 0 Å². The number of carbonyl (C=O) groups excluding carboxylic acids is 1. The molecule has 0 aliphatic carbocycles. The maximum Gasteiger partial charge on any atom is 0.218 e. The van der Waals surface area contributed by atoms with Gasteiger partial charge in [-0.1, -0.05) is 17.3 Å². The largest absolute Gasteiger partial charge is 0.399 e. The predicted octanol–water partition coefficient (Wildman–Crippen LogP) is 2.14. The van der Waals surface area contributed by atoms with Crippen molar-refractivity contribution in [3.05, 3.63) is 60.1 Å². The standard InChI is InChI=1S/C18H20N4O3/c1-14(23)19-13-22-11-17(12-25-22)16-3-5-18(6-4-16)21-8-7-15(10-21)9-20-24-2/h3-11H,12-13H2,1-2H3,(H,19,23)/b20-9+. The highest BCUT2D eigenvalue weighted by Crippen LogP contribution is 2.22. The molecule has 0 saturated carbocycles. The van der Waals surface area contributed by atoms with E-state index in [1.807, 2.05) is 41.4 Å². The van der Waals surface area contributed by atoms with Gasteiger partial charge in [-0.3, -0.25) is 9.63 Å². The molecule has 1 amide bonds. The number of rotatable bonds is 6. The second-order valence-corrected chi connectivity index (χ2v) is 5.55. The van der Waals surface area contributed by atoms with Gasteiger partial charge in [-0.15, -0.1) is 0 Å². The maximum absolute atomic E-state index is 11.0. The topological polar surface area (TPSA) is 68.1 Å². The third-order valence-corrected chi connectivity index (χ3v) is 3.73. The molecule has 2 heterocycles. The quantitative estimate of drug-likeness (QED) is 0.646. The molecule has 1 aliphatic rings. The van der Waals surface area contributed by atoms with Gasteiger partial charge >= 0.3 is 0 Å². The fourth-order valence-corrected chi connectivity index (χ4v) is 2.45. The van der Waals surface area contributed by atoms with E-state index in [9.17, 15) is 4.79 Å². The van der Waals surface area contributed by atoms with E-state index in [1.165, 1.54) is 14.0 Å². The summed E-state index contributed by atoms with van der Waals surface area (Å²) in [7, 11) is 1.52. The van der Waals surface area contributed by atoms with E-state index in [4.69, 9.17) is 4.84 Å². The van der Waals surface area contributed by atoms with Crippen molar-refractivity contribution in [2.75, 3.05) is 20.4 Å². The van der Waals surface area contributed by atoms with Crippen LogP contribution < -0.4 is 5.32 Å². The molecule has 0 spiro atoms. The van der Waals surface area contributed by atoms with Gasteiger partial charge in [0, 0.05) is 42.3 Å². The summed E-state index contributed by atoms with van der Waals surface area (Å²) in [4.78, 5) is 21.2. The Balaban J connectivity index is 1.68. The number of nitrogens with one attached hydrogen (secondary N) is 1. The minimum absolute atomic E-state index is 0.0866. The Bertz CT molecular complexity index is 793. The van der Waals surface area contributed by atoms with Gasteiger partial charge in [-0.2, -0.15) is 0 Å². The van der Waals surface area contributed by atoms with Crippen molar-refractivity contribution in [2.45, 2.75) is 6.92 Å². The van der Waals surface area contributed by atoms with Crippen LogP contribution in [-0.4, -0.2) is 42.1 Å². The van der Waals surface area contributed by atoms with Gasteiger partial charge in [-0.25, -0.2) is 5.06 Å². The fraction of sp³-hybridized carbons (Fsp3) is 0.222. The molecule has 1 aliphatic heterocycles. The zero-order valence-electron chi connectivity index (χ0n) is 14.2. The zero-order valence-corrected chi connectivity index (χ0v) is 14.2. The molecule has 0 bridgehead atoms. The van der Waals surface area contributed by atoms with Crippen LogP contribution in [0.1, 0.15) is 18.1 Å². The first-order valence-electron chi connectivity index (χ1n) is 7.86. The summed E-state index contributed by atoms with van der Waals surface area (Å²) in [6.45, 7) is 2.30. The lowest BCUT2D eigenvalue weighted by Gasteiger charge is -2.13. The van der Waals surface area contributed by atoms with Crippen LogP contribution in [0.2, 0.25) is 0 Å². The van der Waals surface area contributed by atoms with Crippen LogP contribution in [0.3, 0.4) is 0 Å². The Morgan fingerprint density at radius 1 is 1.36 bits per heavy atom. The minimum atomic E-state index is -0.0866. The van der Waals surface area contributed by atoms with Crippen LogP contribution in [0.4, 0.5) is 0 Å². The average molecular weight is 340 g/mol. The van der Waals surface area contributed by atoms with E-state index in [-0.39, 0.29) is 5.91 Å². The first-order valence-corrected chi connectivity index (χ1v) is 7.86. The second-order valence-electron chi connectivity index (χ2n) is 5.55.